The van der Waals surface area contributed by atoms with Crippen LogP contribution in [0.2, 0.25) is 0 Å². The van der Waals surface area contributed by atoms with Crippen LogP contribution in [-0.4, -0.2) is 37.9 Å². The molecule has 0 atom stereocenters. The van der Waals surface area contributed by atoms with E-state index in [0.717, 1.165) is 11.1 Å². The lowest BCUT2D eigenvalue weighted by Gasteiger charge is -2.14. The van der Waals surface area contributed by atoms with Crippen LogP contribution < -0.4 is 19.6 Å². The monoisotopic (exact) mass is 415 g/mol. The van der Waals surface area contributed by atoms with E-state index in [0.29, 0.717) is 17.1 Å². The molecule has 0 saturated heterocycles. The fourth-order valence-corrected chi connectivity index (χ4v) is 2.74. The zero-order valence-electron chi connectivity index (χ0n) is 17.6. The average molecular weight is 415 g/mol. The molecule has 1 amide bonds. The molecule has 0 radical (unpaired) electrons. The molecule has 0 bridgehead atoms. The van der Waals surface area contributed by atoms with Crippen molar-refractivity contribution in [2.45, 2.75) is 26.7 Å². The Morgan fingerprint density at radius 2 is 1.87 bits per heavy atom. The van der Waals surface area contributed by atoms with Crippen LogP contribution in [0.3, 0.4) is 0 Å². The molecule has 0 aliphatic rings. The molecular formula is C21H25N3O6. The first-order valence-electron chi connectivity index (χ1n) is 9.22. The third-order valence-corrected chi connectivity index (χ3v) is 4.27. The minimum absolute atomic E-state index is 0.0607. The Kier molecular flexibility index (Phi) is 7.74. The van der Waals surface area contributed by atoms with Crippen LogP contribution in [-0.2, 0) is 4.79 Å². The topological polar surface area (TPSA) is 112 Å². The van der Waals surface area contributed by atoms with Crippen molar-refractivity contribution in [2.24, 2.45) is 5.10 Å². The summed E-state index contributed by atoms with van der Waals surface area (Å²) < 4.78 is 15.9. The van der Waals surface area contributed by atoms with E-state index in [4.69, 9.17) is 14.2 Å². The van der Waals surface area contributed by atoms with Crippen molar-refractivity contribution in [2.75, 3.05) is 20.8 Å². The number of nitrogens with zero attached hydrogens (tertiary/aromatic N) is 2. The molecule has 0 spiro atoms. The van der Waals surface area contributed by atoms with E-state index >= 15 is 0 Å². The smallest absolute Gasteiger partial charge is 0.311 e. The maximum absolute atomic E-state index is 12.1. The minimum Gasteiger partial charge on any atom is -0.496 e. The number of hydrogen-bond acceptors (Lipinski definition) is 7. The molecule has 0 aliphatic carbocycles. The highest BCUT2D eigenvalue weighted by atomic mass is 16.6. The number of methoxy groups -OCH3 is 2. The summed E-state index contributed by atoms with van der Waals surface area (Å²) in [6.45, 7) is 5.82. The molecule has 0 heterocycles. The Morgan fingerprint density at radius 3 is 2.47 bits per heavy atom. The Labute approximate surface area is 174 Å². The highest BCUT2D eigenvalue weighted by Gasteiger charge is 2.19. The first-order chi connectivity index (χ1) is 14.3. The van der Waals surface area contributed by atoms with Crippen molar-refractivity contribution in [3.8, 4) is 17.2 Å². The summed E-state index contributed by atoms with van der Waals surface area (Å²) in [5.74, 6) is 0.805. The number of carbonyl (C=O) groups is 1. The maximum atomic E-state index is 12.1. The molecule has 2 aromatic rings. The molecule has 160 valence electrons. The SMILES string of the molecule is COc1cc(OC)c([N+](=O)[O-])cc1/C=N\NC(=O)COc1cc(C)ccc1C(C)C. The predicted octanol–water partition coefficient (Wildman–Crippen LogP) is 3.57. The largest absolute Gasteiger partial charge is 0.496 e. The van der Waals surface area contributed by atoms with Crippen LogP contribution >= 0.6 is 0 Å². The number of rotatable bonds is 9. The van der Waals surface area contributed by atoms with Gasteiger partial charge in [-0.05, 0) is 30.0 Å². The fourth-order valence-electron chi connectivity index (χ4n) is 2.74. The number of ether oxygens (including phenoxy) is 3. The van der Waals surface area contributed by atoms with Gasteiger partial charge >= 0.3 is 5.69 Å². The zero-order chi connectivity index (χ0) is 22.3. The number of hydrazone groups is 1. The molecule has 0 aromatic heterocycles. The van der Waals surface area contributed by atoms with Crippen LogP contribution in [0.1, 0.15) is 36.5 Å². The van der Waals surface area contributed by atoms with Crippen LogP contribution in [0.5, 0.6) is 17.2 Å². The lowest BCUT2D eigenvalue weighted by molar-refractivity contribution is -0.385. The van der Waals surface area contributed by atoms with Gasteiger partial charge in [0, 0.05) is 17.7 Å². The first kappa shape index (κ1) is 22.7. The van der Waals surface area contributed by atoms with Gasteiger partial charge in [-0.2, -0.15) is 5.10 Å². The number of benzene rings is 2. The first-order valence-corrected chi connectivity index (χ1v) is 9.22. The van der Waals surface area contributed by atoms with E-state index in [1.165, 1.54) is 32.6 Å². The molecule has 2 rings (SSSR count). The lowest BCUT2D eigenvalue weighted by atomic mass is 10.0. The highest BCUT2D eigenvalue weighted by Crippen LogP contribution is 2.33. The molecule has 0 fully saturated rings. The number of carbonyl (C=O) groups excluding carboxylic acids is 1. The molecule has 0 unspecified atom stereocenters. The summed E-state index contributed by atoms with van der Waals surface area (Å²) in [6, 6.07) is 8.50. The summed E-state index contributed by atoms with van der Waals surface area (Å²) in [7, 11) is 2.74. The minimum atomic E-state index is -0.573. The van der Waals surface area contributed by atoms with E-state index < -0.39 is 10.8 Å². The number of nitrogens with one attached hydrogen (secondary N) is 1. The lowest BCUT2D eigenvalue weighted by Crippen LogP contribution is -2.25. The summed E-state index contributed by atoms with van der Waals surface area (Å²) >= 11 is 0. The second-order valence-corrected chi connectivity index (χ2v) is 6.80. The van der Waals surface area contributed by atoms with Crippen LogP contribution in [0.15, 0.2) is 35.4 Å². The van der Waals surface area contributed by atoms with Gasteiger partial charge in [0.15, 0.2) is 6.61 Å². The standard InChI is InChI=1S/C21H25N3O6/c1-13(2)16-7-6-14(3)8-19(16)30-12-21(25)23-22-11-15-9-17(24(26)27)20(29-5)10-18(15)28-4/h6-11,13H,12H2,1-5H3,(H,23,25)/b22-11-. The third-order valence-electron chi connectivity index (χ3n) is 4.27. The predicted molar refractivity (Wildman–Crippen MR) is 113 cm³/mol. The highest BCUT2D eigenvalue weighted by molar-refractivity contribution is 5.87. The van der Waals surface area contributed by atoms with Crippen molar-refractivity contribution >= 4 is 17.8 Å². The van der Waals surface area contributed by atoms with Crippen LogP contribution in [0, 0.1) is 17.0 Å². The summed E-state index contributed by atoms with van der Waals surface area (Å²) in [5, 5.41) is 15.0. The number of nitro groups is 1. The number of hydrogen-bond donors (Lipinski definition) is 1. The van der Waals surface area contributed by atoms with Crippen molar-refractivity contribution in [3.63, 3.8) is 0 Å². The van der Waals surface area contributed by atoms with Crippen LogP contribution in [0.25, 0.3) is 0 Å². The molecule has 0 aliphatic heterocycles. The second-order valence-electron chi connectivity index (χ2n) is 6.80. The average Bonchev–Trinajstić information content (AvgIpc) is 2.71. The van der Waals surface area contributed by atoms with Gasteiger partial charge in [0.1, 0.15) is 11.5 Å². The summed E-state index contributed by atoms with van der Waals surface area (Å²) in [4.78, 5) is 22.7. The molecular weight excluding hydrogens is 390 g/mol. The van der Waals surface area contributed by atoms with Gasteiger partial charge in [-0.25, -0.2) is 5.43 Å². The van der Waals surface area contributed by atoms with Gasteiger partial charge in [0.25, 0.3) is 5.91 Å². The van der Waals surface area contributed by atoms with E-state index in [1.54, 1.807) is 0 Å². The van der Waals surface area contributed by atoms with Gasteiger partial charge in [-0.15, -0.1) is 0 Å². The quantitative estimate of drug-likeness (QED) is 0.381. The number of aryl methyl sites for hydroxylation is 1. The Morgan fingerprint density at radius 1 is 1.17 bits per heavy atom. The van der Waals surface area contributed by atoms with Gasteiger partial charge in [0.2, 0.25) is 5.75 Å². The maximum Gasteiger partial charge on any atom is 0.311 e. The molecule has 1 N–H and O–H groups in total. The molecule has 2 aromatic carbocycles. The number of nitro benzene ring substituents is 1. The van der Waals surface area contributed by atoms with E-state index in [9.17, 15) is 14.9 Å². The Bertz CT molecular complexity index is 956. The number of amides is 1. The molecule has 30 heavy (non-hydrogen) atoms. The molecule has 9 nitrogen and oxygen atoms in total. The summed E-state index contributed by atoms with van der Waals surface area (Å²) in [5.41, 5.74) is 4.45. The summed E-state index contributed by atoms with van der Waals surface area (Å²) in [6.07, 6.45) is 1.26. The molecule has 0 saturated carbocycles. The zero-order valence-corrected chi connectivity index (χ0v) is 17.6. The fraction of sp³-hybridized carbons (Fsp3) is 0.333. The van der Waals surface area contributed by atoms with Crippen molar-refractivity contribution in [1.82, 2.24) is 5.43 Å². The van der Waals surface area contributed by atoms with Crippen molar-refractivity contribution in [3.05, 3.63) is 57.1 Å². The Balaban J connectivity index is 2.07. The van der Waals surface area contributed by atoms with Gasteiger partial charge in [-0.3, -0.25) is 14.9 Å². The van der Waals surface area contributed by atoms with Gasteiger partial charge in [0.05, 0.1) is 25.4 Å². The third kappa shape index (κ3) is 5.69. The van der Waals surface area contributed by atoms with E-state index in [2.05, 4.69) is 10.5 Å². The normalized spacial score (nSPS) is 10.9. The van der Waals surface area contributed by atoms with Gasteiger partial charge < -0.3 is 14.2 Å². The van der Waals surface area contributed by atoms with E-state index in [1.807, 2.05) is 39.0 Å². The van der Waals surface area contributed by atoms with Gasteiger partial charge in [-0.1, -0.05) is 26.0 Å². The van der Waals surface area contributed by atoms with Crippen molar-refractivity contribution < 1.29 is 23.9 Å². The second kappa shape index (κ2) is 10.2. The molecule has 9 heteroatoms. The van der Waals surface area contributed by atoms with Crippen molar-refractivity contribution in [1.29, 1.82) is 0 Å². The Hall–Kier alpha value is -3.62. The van der Waals surface area contributed by atoms with Crippen LogP contribution in [0.4, 0.5) is 5.69 Å². The van der Waals surface area contributed by atoms with E-state index in [-0.39, 0.29) is 24.0 Å².